The van der Waals surface area contributed by atoms with Gasteiger partial charge in [-0.3, -0.25) is 4.99 Å². The molecule has 0 spiro atoms. The van der Waals surface area contributed by atoms with Gasteiger partial charge in [-0.1, -0.05) is 0 Å². The van der Waals surface area contributed by atoms with Crippen molar-refractivity contribution in [2.24, 2.45) is 4.99 Å². The van der Waals surface area contributed by atoms with E-state index in [1.165, 1.54) is 4.31 Å². The predicted octanol–water partition coefficient (Wildman–Crippen LogP) is 0.622. The van der Waals surface area contributed by atoms with Crippen molar-refractivity contribution in [2.75, 3.05) is 32.9 Å². The lowest BCUT2D eigenvalue weighted by Gasteiger charge is -2.24. The molecule has 2 N–H and O–H groups in total. The van der Waals surface area contributed by atoms with E-state index in [2.05, 4.69) is 36.4 Å². The maximum atomic E-state index is 11.5. The number of sulfonamides is 1. The summed E-state index contributed by atoms with van der Waals surface area (Å²) in [6.07, 6.45) is 0.737. The SMILES string of the molecule is CCS(=O)(=O)N(C)CCCNC(=NC)NC(C)(C)C. The Morgan fingerprint density at radius 2 is 1.89 bits per heavy atom. The van der Waals surface area contributed by atoms with Crippen LogP contribution in [0.25, 0.3) is 0 Å². The monoisotopic (exact) mass is 292 g/mol. The molecule has 0 saturated heterocycles. The van der Waals surface area contributed by atoms with Gasteiger partial charge in [0.05, 0.1) is 5.75 Å². The second-order valence-electron chi connectivity index (χ2n) is 5.45. The fourth-order valence-electron chi connectivity index (χ4n) is 1.40. The van der Waals surface area contributed by atoms with Gasteiger partial charge in [-0.25, -0.2) is 12.7 Å². The first-order valence-electron chi connectivity index (χ1n) is 6.55. The molecule has 0 unspecified atom stereocenters. The highest BCUT2D eigenvalue weighted by molar-refractivity contribution is 7.89. The van der Waals surface area contributed by atoms with Crippen molar-refractivity contribution in [1.29, 1.82) is 0 Å². The minimum absolute atomic E-state index is 0.0514. The summed E-state index contributed by atoms with van der Waals surface area (Å²) in [5.41, 5.74) is -0.0514. The minimum atomic E-state index is -3.07. The molecule has 0 aliphatic heterocycles. The number of aliphatic imine (C=N–C) groups is 1. The van der Waals surface area contributed by atoms with E-state index in [9.17, 15) is 8.42 Å². The molecule has 114 valence electrons. The molecule has 6 nitrogen and oxygen atoms in total. The molecule has 0 rings (SSSR count). The molecule has 0 atom stereocenters. The predicted molar refractivity (Wildman–Crippen MR) is 81.0 cm³/mol. The molecule has 0 bridgehead atoms. The van der Waals surface area contributed by atoms with Gasteiger partial charge in [-0.15, -0.1) is 0 Å². The summed E-state index contributed by atoms with van der Waals surface area (Å²) >= 11 is 0. The van der Waals surface area contributed by atoms with Crippen LogP contribution in [0.1, 0.15) is 34.1 Å². The Morgan fingerprint density at radius 3 is 2.32 bits per heavy atom. The quantitative estimate of drug-likeness (QED) is 0.428. The molecular formula is C12H28N4O2S. The molecule has 0 radical (unpaired) electrons. The Hall–Kier alpha value is -0.820. The van der Waals surface area contributed by atoms with E-state index in [0.717, 1.165) is 12.4 Å². The van der Waals surface area contributed by atoms with E-state index < -0.39 is 10.0 Å². The number of hydrogen-bond donors (Lipinski definition) is 2. The van der Waals surface area contributed by atoms with Gasteiger partial charge in [0.1, 0.15) is 0 Å². The Labute approximate surface area is 117 Å². The summed E-state index contributed by atoms with van der Waals surface area (Å²) in [7, 11) is 0.256. The number of guanidine groups is 1. The zero-order valence-corrected chi connectivity index (χ0v) is 13.8. The van der Waals surface area contributed by atoms with E-state index in [1.54, 1.807) is 21.0 Å². The highest BCUT2D eigenvalue weighted by Gasteiger charge is 2.14. The van der Waals surface area contributed by atoms with Crippen molar-refractivity contribution < 1.29 is 8.42 Å². The van der Waals surface area contributed by atoms with Crippen LogP contribution >= 0.6 is 0 Å². The second kappa shape index (κ2) is 7.69. The van der Waals surface area contributed by atoms with Crippen LogP contribution in [0, 0.1) is 0 Å². The molecule has 0 aromatic heterocycles. The Morgan fingerprint density at radius 1 is 1.32 bits per heavy atom. The third-order valence-electron chi connectivity index (χ3n) is 2.50. The van der Waals surface area contributed by atoms with E-state index >= 15 is 0 Å². The lowest BCUT2D eigenvalue weighted by molar-refractivity contribution is 0.459. The van der Waals surface area contributed by atoms with Crippen LogP contribution in [0.2, 0.25) is 0 Å². The first kappa shape index (κ1) is 18.2. The Bertz CT molecular complexity index is 385. The maximum absolute atomic E-state index is 11.5. The van der Waals surface area contributed by atoms with E-state index in [4.69, 9.17) is 0 Å². The van der Waals surface area contributed by atoms with Crippen LogP contribution in [0.3, 0.4) is 0 Å². The fourth-order valence-corrected chi connectivity index (χ4v) is 2.25. The number of nitrogens with zero attached hydrogens (tertiary/aromatic N) is 2. The number of nitrogens with one attached hydrogen (secondary N) is 2. The van der Waals surface area contributed by atoms with Crippen LogP contribution in [-0.2, 0) is 10.0 Å². The molecule has 0 amide bonds. The van der Waals surface area contributed by atoms with Crippen molar-refractivity contribution >= 4 is 16.0 Å². The highest BCUT2D eigenvalue weighted by atomic mass is 32.2. The average molecular weight is 292 g/mol. The molecule has 0 aromatic carbocycles. The van der Waals surface area contributed by atoms with Crippen LogP contribution < -0.4 is 10.6 Å². The Balaban J connectivity index is 4.04. The molecular weight excluding hydrogens is 264 g/mol. The summed E-state index contributed by atoms with van der Waals surface area (Å²) in [4.78, 5) is 4.12. The molecule has 19 heavy (non-hydrogen) atoms. The molecule has 0 aliphatic carbocycles. The van der Waals surface area contributed by atoms with Crippen LogP contribution in [-0.4, -0.2) is 57.2 Å². The summed E-state index contributed by atoms with van der Waals surface area (Å²) < 4.78 is 24.5. The lowest BCUT2D eigenvalue weighted by atomic mass is 10.1. The topological polar surface area (TPSA) is 73.8 Å². The van der Waals surface area contributed by atoms with Crippen molar-refractivity contribution in [2.45, 2.75) is 39.7 Å². The van der Waals surface area contributed by atoms with Crippen molar-refractivity contribution in [3.8, 4) is 0 Å². The van der Waals surface area contributed by atoms with E-state index in [-0.39, 0.29) is 11.3 Å². The van der Waals surface area contributed by atoms with Crippen LogP contribution in [0.5, 0.6) is 0 Å². The third-order valence-corrected chi connectivity index (χ3v) is 4.36. The van der Waals surface area contributed by atoms with Gasteiger partial charge >= 0.3 is 0 Å². The molecule has 0 saturated carbocycles. The first-order chi connectivity index (χ1) is 8.62. The van der Waals surface area contributed by atoms with Gasteiger partial charge in [0.2, 0.25) is 10.0 Å². The normalized spacial score (nSPS) is 13.7. The van der Waals surface area contributed by atoms with Crippen molar-refractivity contribution in [3.63, 3.8) is 0 Å². The largest absolute Gasteiger partial charge is 0.356 e. The molecule has 0 aromatic rings. The van der Waals surface area contributed by atoms with Crippen molar-refractivity contribution in [1.82, 2.24) is 14.9 Å². The summed E-state index contributed by atoms with van der Waals surface area (Å²) in [6.45, 7) is 9.01. The fraction of sp³-hybridized carbons (Fsp3) is 0.917. The van der Waals surface area contributed by atoms with Gasteiger partial charge < -0.3 is 10.6 Å². The van der Waals surface area contributed by atoms with E-state index in [1.807, 2.05) is 0 Å². The summed E-state index contributed by atoms with van der Waals surface area (Å²) in [6, 6.07) is 0. The van der Waals surface area contributed by atoms with Gasteiger partial charge in [0.15, 0.2) is 5.96 Å². The standard InChI is InChI=1S/C12H28N4O2S/c1-7-19(17,18)16(6)10-8-9-14-11(13-5)15-12(2,3)4/h7-10H2,1-6H3,(H2,13,14,15). The van der Waals surface area contributed by atoms with Crippen molar-refractivity contribution in [3.05, 3.63) is 0 Å². The lowest BCUT2D eigenvalue weighted by Crippen LogP contribution is -2.48. The average Bonchev–Trinajstić information content (AvgIpc) is 2.31. The highest BCUT2D eigenvalue weighted by Crippen LogP contribution is 1.99. The molecule has 0 heterocycles. The number of rotatable bonds is 6. The summed E-state index contributed by atoms with van der Waals surface area (Å²) in [5, 5.41) is 6.41. The first-order valence-corrected chi connectivity index (χ1v) is 8.16. The zero-order chi connectivity index (χ0) is 15.1. The molecule has 0 fully saturated rings. The molecule has 0 aliphatic rings. The molecule has 7 heteroatoms. The number of hydrogen-bond acceptors (Lipinski definition) is 3. The van der Waals surface area contributed by atoms with Gasteiger partial charge in [0, 0.05) is 32.7 Å². The Kier molecular flexibility index (Phi) is 7.36. The minimum Gasteiger partial charge on any atom is -0.356 e. The zero-order valence-electron chi connectivity index (χ0n) is 12.9. The van der Waals surface area contributed by atoms with Gasteiger partial charge in [0.25, 0.3) is 0 Å². The maximum Gasteiger partial charge on any atom is 0.213 e. The van der Waals surface area contributed by atoms with Crippen LogP contribution in [0.4, 0.5) is 0 Å². The third kappa shape index (κ3) is 8.05. The van der Waals surface area contributed by atoms with E-state index in [0.29, 0.717) is 13.1 Å². The second-order valence-corrected chi connectivity index (χ2v) is 7.81. The smallest absolute Gasteiger partial charge is 0.213 e. The van der Waals surface area contributed by atoms with Crippen LogP contribution in [0.15, 0.2) is 4.99 Å². The van der Waals surface area contributed by atoms with Gasteiger partial charge in [-0.05, 0) is 34.1 Å². The van der Waals surface area contributed by atoms with Gasteiger partial charge in [-0.2, -0.15) is 0 Å². The summed E-state index contributed by atoms with van der Waals surface area (Å²) in [5.74, 6) is 0.873.